The Balaban J connectivity index is 0.982. The number of fused-ring (bicyclic) bond motifs is 3. The molecule has 0 saturated carbocycles. The van der Waals surface area contributed by atoms with E-state index in [4.69, 9.17) is 22.9 Å². The number of carbonyl (C=O) groups is 18. The largest absolute Gasteiger partial charge is 0.508 e. The molecule has 5 heterocycles. The number of aromatic amines is 1. The van der Waals surface area contributed by atoms with Gasteiger partial charge >= 0.3 is 5.97 Å². The Morgan fingerprint density at radius 3 is 1.80 bits per heavy atom. The number of rotatable bonds is 56. The summed E-state index contributed by atoms with van der Waals surface area (Å²) in [6.45, 7) is 11.3. The van der Waals surface area contributed by atoms with Gasteiger partial charge < -0.3 is 125 Å². The predicted molar refractivity (Wildman–Crippen MR) is 540 cm³/mol. The summed E-state index contributed by atoms with van der Waals surface area (Å²) in [5.41, 5.74) is 25.2. The number of phenolic OH excluding ortho intramolecular Hbond substituents is 1. The van der Waals surface area contributed by atoms with Gasteiger partial charge in [-0.05, 0) is 130 Å². The third-order valence-electron chi connectivity index (χ3n) is 25.6. The van der Waals surface area contributed by atoms with E-state index in [-0.39, 0.29) is 111 Å². The molecule has 3 aromatic heterocycles. The number of aliphatic hydroxyl groups is 1. The summed E-state index contributed by atoms with van der Waals surface area (Å²) >= 11 is 1.93. The summed E-state index contributed by atoms with van der Waals surface area (Å²) in [6.07, 6.45) is 1.61. The number of phenols is 1. The smallest absolute Gasteiger partial charge is 0.323 e. The van der Waals surface area contributed by atoms with Crippen LogP contribution in [0.1, 0.15) is 156 Å². The van der Waals surface area contributed by atoms with E-state index in [0.717, 1.165) is 43.4 Å². The van der Waals surface area contributed by atoms with E-state index in [2.05, 4.69) is 63.1 Å². The number of aliphatic hydroxyl groups excluding tert-OH is 1. The van der Waals surface area contributed by atoms with Crippen molar-refractivity contribution in [3.8, 4) is 5.75 Å². The Morgan fingerprint density at radius 2 is 1.15 bits per heavy atom. The zero-order valence-electron chi connectivity index (χ0n) is 83.4. The fourth-order valence-corrected chi connectivity index (χ4v) is 19.5. The lowest BCUT2D eigenvalue weighted by atomic mass is 9.99. The van der Waals surface area contributed by atoms with Crippen molar-refractivity contribution in [2.24, 2.45) is 40.7 Å². The lowest BCUT2D eigenvalue weighted by Gasteiger charge is -2.36. The molecule has 2 saturated heterocycles. The number of H-pyrrole nitrogens is 1. The number of unbranched alkanes of at least 4 members (excludes halogenated alkanes) is 2. The first kappa shape index (κ1) is 115. The maximum absolute atomic E-state index is 16.0. The number of hydrogen-bond acceptors (Lipinski definition) is 25. The number of halogens is 1. The Morgan fingerprint density at radius 1 is 0.572 bits per heavy atom. The number of amides is 17. The van der Waals surface area contributed by atoms with Crippen molar-refractivity contribution >= 4 is 167 Å². The van der Waals surface area contributed by atoms with Crippen LogP contribution >= 0.6 is 23.1 Å². The summed E-state index contributed by atoms with van der Waals surface area (Å²) in [6, 6.07) is 4.80. The molecular weight excluding hydrogens is 1920 g/mol. The molecular formula is C99H137FN22O21S2. The number of nitrogens with zero attached hydrogens (tertiary/aromatic N) is 7. The van der Waals surface area contributed by atoms with Crippen LogP contribution in [-0.2, 0) is 112 Å². The maximum Gasteiger partial charge on any atom is 0.323 e. The number of aliphatic carboxylic acids is 1. The van der Waals surface area contributed by atoms with Crippen molar-refractivity contribution < 1.29 is 106 Å². The van der Waals surface area contributed by atoms with Gasteiger partial charge in [0.15, 0.2) is 5.13 Å². The highest BCUT2D eigenvalue weighted by molar-refractivity contribution is 8.00. The fraction of sp³-hybridized carbons (Fsp3) is 0.525. The fourth-order valence-electron chi connectivity index (χ4n) is 17.8. The molecule has 2 aliphatic rings. The molecule has 2 aliphatic heterocycles. The first-order chi connectivity index (χ1) is 68.8. The van der Waals surface area contributed by atoms with Crippen LogP contribution in [0.25, 0.3) is 32.0 Å². The minimum absolute atomic E-state index is 0.00565. The van der Waals surface area contributed by atoms with E-state index >= 15 is 38.0 Å². The molecule has 46 heteroatoms. The van der Waals surface area contributed by atoms with Gasteiger partial charge in [-0.25, -0.2) is 9.37 Å². The Hall–Kier alpha value is -13.9. The number of benzene rings is 4. The van der Waals surface area contributed by atoms with E-state index in [1.54, 1.807) is 108 Å². The number of likely N-dealkylation sites (N-methyl/N-ethyl adjacent to an activating group) is 3. The Kier molecular flexibility index (Phi) is 42.8. The second-order valence-electron chi connectivity index (χ2n) is 37.8. The molecule has 43 nitrogen and oxygen atoms in total. The van der Waals surface area contributed by atoms with Gasteiger partial charge in [-0.15, -0.1) is 11.8 Å². The van der Waals surface area contributed by atoms with Gasteiger partial charge in [0.1, 0.15) is 102 Å². The molecule has 145 heavy (non-hydrogen) atoms. The minimum atomic E-state index is -1.68. The average molecular weight is 2050 g/mol. The number of carboxylic acids is 1. The molecule has 17 amide bonds. The van der Waals surface area contributed by atoms with Crippen molar-refractivity contribution in [3.63, 3.8) is 0 Å². The van der Waals surface area contributed by atoms with Crippen molar-refractivity contribution in [1.29, 1.82) is 0 Å². The molecule has 0 unspecified atom stereocenters. The number of nitrogens with two attached hydrogens (primary N) is 4. The molecule has 7 aromatic rings. The molecule has 0 aliphatic carbocycles. The normalized spacial score (nSPS) is 16.5. The number of para-hydroxylation sites is 3. The maximum atomic E-state index is 16.0. The van der Waals surface area contributed by atoms with Crippen LogP contribution in [0.15, 0.2) is 103 Å². The van der Waals surface area contributed by atoms with E-state index in [9.17, 15) is 68.1 Å². The molecule has 0 spiro atoms. The third kappa shape index (κ3) is 32.1. The summed E-state index contributed by atoms with van der Waals surface area (Å²) in [7, 11) is 4.10. The summed E-state index contributed by atoms with van der Waals surface area (Å²) in [5, 5.41) is 59.9. The third-order valence-corrected chi connectivity index (χ3v) is 27.6. The Bertz CT molecular complexity index is 5800. The quantitative estimate of drug-likeness (QED) is 0.0255. The number of carboxylic acid groups (broad SMARTS) is 1. The van der Waals surface area contributed by atoms with Crippen LogP contribution < -0.4 is 76.1 Å². The highest BCUT2D eigenvalue weighted by Crippen LogP contribution is 2.32. The topological polar surface area (TPSA) is 642 Å². The van der Waals surface area contributed by atoms with Crippen molar-refractivity contribution in [2.75, 3.05) is 70.7 Å². The average Bonchev–Trinajstić information content (AvgIpc) is 1.71. The standard InChI is InChI=1S/C99H137FN22O21S2/c1-12-14-26-75(91(136)109-67(38-53(3)4)88(133)115-73(51-144-52-82(104)127)86(131)106-47-81(103)126)118(10)98(143)77(27-15-13-2)119(11)95(140)70(42-59-48-120(50-83(128)129)74-28-19-17-23-63(59)74)113-87(132)66(35-36-101)108-89(134)68(41-58-45-105-65-25-18-16-22-62(58)65)110-93(138)78-43-61(124)49-122(78)97(142)69(39-54(5)6)112-90(135)72(46-107-99-116-84-64(100)24-20-30-79(84)145-99)114-92(137)76-29-21-37-121(76)96(141)71(44-80(102)125)111-85(130)56(8)117(9)94(139)55(7)40-57-31-33-60(123)34-32-57/h16-20,22-25,28,30-34,45,48,53-56,61,66-73,75-78,105,123-124H,12-15,21,26-27,29,35-44,46-47,49-52,101H2,1-11H3,(H2,102,125)(H2,103,126)(H2,104,127)(H,106,131)(H,107,116)(H,108,134)(H,109,136)(H,110,138)(H,111,130)(H,112,135)(H,113,132)(H,114,137)(H,115,133)(H,128,129)/t55-,56-,61+,66-,67-,68-,69-,70-,71-,72-,73-,75-,76-,77-,78-/m0/s1. The number of carbonyl (C=O) groups excluding carboxylic acids is 17. The molecule has 4 aromatic carbocycles. The highest BCUT2D eigenvalue weighted by Gasteiger charge is 2.47. The number of nitrogens with one attached hydrogen (secondary N) is 11. The van der Waals surface area contributed by atoms with Crippen LogP contribution in [0.5, 0.6) is 5.75 Å². The number of hydrogen-bond donors (Lipinski definition) is 18. The van der Waals surface area contributed by atoms with Gasteiger partial charge in [-0.2, -0.15) is 0 Å². The number of thiazole rings is 1. The molecule has 0 bridgehead atoms. The van der Waals surface area contributed by atoms with Gasteiger partial charge in [0.2, 0.25) is 100 Å². The van der Waals surface area contributed by atoms with Crippen molar-refractivity contribution in [2.45, 2.75) is 249 Å². The number of anilines is 1. The van der Waals surface area contributed by atoms with Crippen LogP contribution in [0, 0.1) is 23.6 Å². The first-order valence-electron chi connectivity index (χ1n) is 48.6. The summed E-state index contributed by atoms with van der Waals surface area (Å²) in [5.74, 6) is -18.2. The van der Waals surface area contributed by atoms with Gasteiger partial charge in [0, 0.05) is 106 Å². The summed E-state index contributed by atoms with van der Waals surface area (Å²) < 4.78 is 17.0. The van der Waals surface area contributed by atoms with Gasteiger partial charge in [-0.1, -0.05) is 140 Å². The van der Waals surface area contributed by atoms with Crippen LogP contribution in [0.3, 0.4) is 0 Å². The molecule has 9 rings (SSSR count). The molecule has 15 atom stereocenters. The first-order valence-corrected chi connectivity index (χ1v) is 50.6. The van der Waals surface area contributed by atoms with Crippen molar-refractivity contribution in [1.82, 2.24) is 86.9 Å². The minimum Gasteiger partial charge on any atom is -0.508 e. The SMILES string of the molecule is CCCC[C@@H](C(=O)N(C)[C@@H](CCCC)C(=O)N[C@@H](CC(C)C)C(=O)N[C@@H](CSCC(N)=O)C(=O)NCC(N)=O)N(C)C(=O)[C@H](Cc1cn(CC(=O)O)c2ccccc12)NC(=O)[C@H](CCN)NC(=O)[C@H](Cc1c[nH]c2ccccc12)NC(=O)[C@@H]1C[C@@H](O)CN1C(=O)[C@H](CC(C)C)NC(=O)[C@H](CNc1nc2c(F)cccc2s1)NC(=O)[C@@H]1CCCN1C(=O)[C@H](CC(N)=O)NC(=O)[C@H](C)N(C)C(=O)[C@@H](C)Cc1ccc(O)cc1. The number of primary amides is 3. The lowest BCUT2D eigenvalue weighted by molar-refractivity contribution is -0.149. The van der Waals surface area contributed by atoms with E-state index in [0.29, 0.717) is 63.3 Å². The molecule has 0 radical (unpaired) electrons. The molecule has 22 N–H and O–H groups in total. The number of aromatic nitrogens is 3. The van der Waals surface area contributed by atoms with Crippen LogP contribution in [-0.4, -0.2) is 311 Å². The van der Waals surface area contributed by atoms with Crippen molar-refractivity contribution in [3.05, 3.63) is 126 Å². The van der Waals surface area contributed by atoms with Gasteiger partial charge in [0.25, 0.3) is 0 Å². The van der Waals surface area contributed by atoms with Crippen LogP contribution in [0.4, 0.5) is 9.52 Å². The summed E-state index contributed by atoms with van der Waals surface area (Å²) in [4.78, 5) is 271. The Labute approximate surface area is 847 Å². The molecule has 2 fully saturated rings. The number of aromatic hydroxyl groups is 1. The predicted octanol–water partition coefficient (Wildman–Crippen LogP) is 1.29. The zero-order valence-corrected chi connectivity index (χ0v) is 85.1. The molecule has 788 valence electrons. The number of thioether (sulfide) groups is 1. The van der Waals surface area contributed by atoms with Crippen LogP contribution in [0.2, 0.25) is 0 Å². The monoisotopic (exact) mass is 2050 g/mol. The van der Waals surface area contributed by atoms with E-state index in [1.807, 2.05) is 13.8 Å². The zero-order chi connectivity index (χ0) is 106. The van der Waals surface area contributed by atoms with E-state index in [1.165, 1.54) is 72.9 Å². The number of likely N-dealkylation sites (tertiary alicyclic amines) is 2. The lowest BCUT2D eigenvalue weighted by Crippen LogP contribution is -2.61. The van der Waals surface area contributed by atoms with Gasteiger partial charge in [-0.3, -0.25) is 86.3 Å². The second-order valence-corrected chi connectivity index (χ2v) is 39.9. The highest BCUT2D eigenvalue weighted by atomic mass is 32.2. The number of β-amino-alcohol motifs (C(OH)–C–C–N with tert-alkyl or cyclic N) is 1. The second kappa shape index (κ2) is 54.2. The van der Waals surface area contributed by atoms with E-state index < -0.39 is 248 Å². The van der Waals surface area contributed by atoms with Gasteiger partial charge in [0.05, 0.1) is 29.5 Å².